The van der Waals surface area contributed by atoms with Crippen molar-refractivity contribution in [3.05, 3.63) is 41.3 Å². The Balaban J connectivity index is 2.26. The fraction of sp³-hybridized carbons (Fsp3) is 0.333. The quantitative estimate of drug-likeness (QED) is 0.411. The van der Waals surface area contributed by atoms with Gasteiger partial charge in [-0.2, -0.15) is 0 Å². The van der Waals surface area contributed by atoms with E-state index in [4.69, 9.17) is 21.7 Å². The fourth-order valence-electron chi connectivity index (χ4n) is 2.24. The van der Waals surface area contributed by atoms with Crippen LogP contribution in [-0.2, 0) is 4.79 Å². The first-order valence-electron chi connectivity index (χ1n) is 7.70. The van der Waals surface area contributed by atoms with Gasteiger partial charge in [-0.15, -0.1) is 0 Å². The molecule has 0 radical (unpaired) electrons. The molecule has 6 heteroatoms. The molecule has 2 rings (SSSR count). The molecule has 1 atom stereocenters. The summed E-state index contributed by atoms with van der Waals surface area (Å²) in [7, 11) is 1.59. The molecule has 0 aromatic heterocycles. The van der Waals surface area contributed by atoms with Gasteiger partial charge in [0.1, 0.15) is 10.9 Å². The second-order valence-electron chi connectivity index (χ2n) is 5.32. The van der Waals surface area contributed by atoms with E-state index >= 15 is 0 Å². The highest BCUT2D eigenvalue weighted by Gasteiger charge is 2.34. The van der Waals surface area contributed by atoms with Crippen LogP contribution in [0.5, 0.6) is 11.5 Å². The topological polar surface area (TPSA) is 38.8 Å². The number of thioether (sulfide) groups is 1. The molecule has 128 valence electrons. The van der Waals surface area contributed by atoms with Crippen molar-refractivity contribution in [2.75, 3.05) is 13.7 Å². The van der Waals surface area contributed by atoms with Crippen molar-refractivity contribution >= 4 is 40.3 Å². The molecule has 1 aromatic rings. The first-order valence-corrected chi connectivity index (χ1v) is 8.93. The average Bonchev–Trinajstić information content (AvgIpc) is 2.86. The first-order chi connectivity index (χ1) is 11.5. The van der Waals surface area contributed by atoms with Crippen LogP contribution < -0.4 is 9.47 Å². The van der Waals surface area contributed by atoms with Gasteiger partial charge in [-0.3, -0.25) is 9.69 Å². The summed E-state index contributed by atoms with van der Waals surface area (Å²) in [6, 6.07) is 5.65. The van der Waals surface area contributed by atoms with E-state index in [2.05, 4.69) is 6.58 Å². The van der Waals surface area contributed by atoms with Crippen LogP contribution in [0.4, 0.5) is 0 Å². The molecule has 0 spiro atoms. The molecule has 0 saturated carbocycles. The number of carbonyl (C=O) groups is 1. The molecule has 0 unspecified atom stereocenters. The smallest absolute Gasteiger partial charge is 0.266 e. The van der Waals surface area contributed by atoms with Crippen LogP contribution in [0.15, 0.2) is 35.8 Å². The molecule has 24 heavy (non-hydrogen) atoms. The second-order valence-corrected chi connectivity index (χ2v) is 6.99. The molecule has 1 aromatic carbocycles. The molecule has 1 saturated heterocycles. The lowest BCUT2D eigenvalue weighted by atomic mass is 10.1. The van der Waals surface area contributed by atoms with Crippen LogP contribution in [0.3, 0.4) is 0 Å². The van der Waals surface area contributed by atoms with Crippen LogP contribution in [0.25, 0.3) is 6.08 Å². The zero-order valence-electron chi connectivity index (χ0n) is 14.1. The maximum Gasteiger partial charge on any atom is 0.266 e. The van der Waals surface area contributed by atoms with Gasteiger partial charge in [0.2, 0.25) is 0 Å². The van der Waals surface area contributed by atoms with Gasteiger partial charge in [-0.1, -0.05) is 49.6 Å². The molecule has 1 heterocycles. The lowest BCUT2D eigenvalue weighted by molar-refractivity contribution is -0.123. The normalized spacial score (nSPS) is 17.3. The van der Waals surface area contributed by atoms with E-state index in [1.807, 2.05) is 38.1 Å². The highest BCUT2D eigenvalue weighted by molar-refractivity contribution is 8.26. The van der Waals surface area contributed by atoms with E-state index in [1.54, 1.807) is 18.1 Å². The minimum absolute atomic E-state index is 0.0368. The van der Waals surface area contributed by atoms with Crippen molar-refractivity contribution < 1.29 is 14.3 Å². The summed E-state index contributed by atoms with van der Waals surface area (Å²) >= 11 is 6.68. The summed E-state index contributed by atoms with van der Waals surface area (Å²) < 4.78 is 11.5. The van der Waals surface area contributed by atoms with Gasteiger partial charge in [0, 0.05) is 6.04 Å². The number of benzene rings is 1. The Labute approximate surface area is 152 Å². The van der Waals surface area contributed by atoms with Gasteiger partial charge in [0.05, 0.1) is 12.0 Å². The molecule has 0 aliphatic carbocycles. The summed E-state index contributed by atoms with van der Waals surface area (Å²) in [6.07, 6.45) is 4.37. The van der Waals surface area contributed by atoms with Crippen molar-refractivity contribution in [2.45, 2.75) is 26.3 Å². The minimum atomic E-state index is -0.0368. The Kier molecular flexibility index (Phi) is 6.45. The SMILES string of the molecule is C=CCOc1ccc(/C=C2/SC(=S)N([C@H](C)CC)C2=O)cc1OC. The number of ether oxygens (including phenoxy) is 2. The predicted octanol–water partition coefficient (Wildman–Crippen LogP) is 4.26. The van der Waals surface area contributed by atoms with Crippen LogP contribution in [0.2, 0.25) is 0 Å². The van der Waals surface area contributed by atoms with Gasteiger partial charge in [-0.05, 0) is 37.1 Å². The zero-order valence-corrected chi connectivity index (χ0v) is 15.7. The number of carbonyl (C=O) groups excluding carboxylic acids is 1. The molecular weight excluding hydrogens is 342 g/mol. The number of thiocarbonyl (C=S) groups is 1. The van der Waals surface area contributed by atoms with E-state index in [9.17, 15) is 4.79 Å². The van der Waals surface area contributed by atoms with Crippen molar-refractivity contribution in [1.82, 2.24) is 4.90 Å². The number of rotatable bonds is 7. The Hall–Kier alpha value is -1.79. The summed E-state index contributed by atoms with van der Waals surface area (Å²) in [5.41, 5.74) is 0.863. The zero-order chi connectivity index (χ0) is 17.7. The van der Waals surface area contributed by atoms with Crippen molar-refractivity contribution in [3.63, 3.8) is 0 Å². The van der Waals surface area contributed by atoms with Gasteiger partial charge < -0.3 is 9.47 Å². The third-order valence-electron chi connectivity index (χ3n) is 3.70. The molecule has 0 N–H and O–H groups in total. The second kappa shape index (κ2) is 8.35. The van der Waals surface area contributed by atoms with Crippen LogP contribution in [0, 0.1) is 0 Å². The van der Waals surface area contributed by atoms with Crippen LogP contribution in [0.1, 0.15) is 25.8 Å². The molecule has 1 aliphatic rings. The van der Waals surface area contributed by atoms with Crippen molar-refractivity contribution in [1.29, 1.82) is 0 Å². The largest absolute Gasteiger partial charge is 0.493 e. The number of hydrogen-bond donors (Lipinski definition) is 0. The average molecular weight is 364 g/mol. The number of nitrogens with zero attached hydrogens (tertiary/aromatic N) is 1. The molecule has 1 amide bonds. The number of amides is 1. The highest BCUT2D eigenvalue weighted by atomic mass is 32.2. The van der Waals surface area contributed by atoms with Gasteiger partial charge in [0.25, 0.3) is 5.91 Å². The Bertz CT molecular complexity index is 685. The van der Waals surface area contributed by atoms with E-state index < -0.39 is 0 Å². The predicted molar refractivity (Wildman–Crippen MR) is 103 cm³/mol. The molecule has 4 nitrogen and oxygen atoms in total. The molecule has 0 bridgehead atoms. The summed E-state index contributed by atoms with van der Waals surface area (Å²) in [6.45, 7) is 8.08. The monoisotopic (exact) mass is 363 g/mol. The lowest BCUT2D eigenvalue weighted by Crippen LogP contribution is -2.36. The molecule has 1 aliphatic heterocycles. The Morgan fingerprint density at radius 3 is 2.79 bits per heavy atom. The molecule has 1 fully saturated rings. The van der Waals surface area contributed by atoms with E-state index in [0.29, 0.717) is 27.3 Å². The summed E-state index contributed by atoms with van der Waals surface area (Å²) in [5.74, 6) is 1.22. The maximum atomic E-state index is 12.6. The van der Waals surface area contributed by atoms with Gasteiger partial charge in [0.15, 0.2) is 11.5 Å². The van der Waals surface area contributed by atoms with Crippen molar-refractivity contribution in [3.8, 4) is 11.5 Å². The van der Waals surface area contributed by atoms with Crippen LogP contribution in [-0.4, -0.2) is 34.9 Å². The first kappa shape index (κ1) is 18.5. The molecular formula is C18H21NO3S2. The Morgan fingerprint density at radius 2 is 2.17 bits per heavy atom. The maximum absolute atomic E-state index is 12.6. The minimum Gasteiger partial charge on any atom is -0.493 e. The fourth-order valence-corrected chi connectivity index (χ4v) is 3.70. The van der Waals surface area contributed by atoms with Crippen LogP contribution >= 0.6 is 24.0 Å². The Morgan fingerprint density at radius 1 is 1.42 bits per heavy atom. The van der Waals surface area contributed by atoms with Crippen molar-refractivity contribution in [2.24, 2.45) is 0 Å². The summed E-state index contributed by atoms with van der Waals surface area (Å²) in [5, 5.41) is 0. The third kappa shape index (κ3) is 3.99. The standard InChI is InChI=1S/C18H21NO3S2/c1-5-9-22-14-8-7-13(10-15(14)21-4)11-16-17(20)19(12(3)6-2)18(23)24-16/h5,7-8,10-12H,1,6,9H2,2-4H3/b16-11+/t12-/m1/s1. The summed E-state index contributed by atoms with van der Waals surface area (Å²) in [4.78, 5) is 14.9. The third-order valence-corrected chi connectivity index (χ3v) is 5.03. The van der Waals surface area contributed by atoms with E-state index in [0.717, 1.165) is 12.0 Å². The van der Waals surface area contributed by atoms with Gasteiger partial charge >= 0.3 is 0 Å². The number of hydrogen-bond acceptors (Lipinski definition) is 5. The highest BCUT2D eigenvalue weighted by Crippen LogP contribution is 2.36. The van der Waals surface area contributed by atoms with E-state index in [-0.39, 0.29) is 11.9 Å². The lowest BCUT2D eigenvalue weighted by Gasteiger charge is -2.21. The van der Waals surface area contributed by atoms with E-state index in [1.165, 1.54) is 11.8 Å². The number of methoxy groups -OCH3 is 1. The van der Waals surface area contributed by atoms with Gasteiger partial charge in [-0.25, -0.2) is 0 Å².